The van der Waals surface area contributed by atoms with Crippen LogP contribution in [-0.2, 0) is 11.2 Å². The van der Waals surface area contributed by atoms with E-state index in [1.165, 1.54) is 0 Å². The first kappa shape index (κ1) is 9.90. The molecule has 1 N–H and O–H groups in total. The fraction of sp³-hybridized carbons (Fsp3) is 0.583. The molecule has 2 aliphatic rings. The van der Waals surface area contributed by atoms with Crippen LogP contribution in [-0.4, -0.2) is 28.6 Å². The smallest absolute Gasteiger partial charge is 0.223 e. The van der Waals surface area contributed by atoms with Gasteiger partial charge in [-0.3, -0.25) is 4.79 Å². The van der Waals surface area contributed by atoms with E-state index in [9.17, 15) is 9.90 Å². The van der Waals surface area contributed by atoms with Crippen molar-refractivity contribution in [2.45, 2.75) is 37.8 Å². The summed E-state index contributed by atoms with van der Waals surface area (Å²) in [6, 6.07) is 1.71. The molecule has 2 aliphatic heterocycles. The number of carbonyl (C=O) groups is 1. The normalized spacial score (nSPS) is 29.6. The van der Waals surface area contributed by atoms with E-state index in [4.69, 9.17) is 4.42 Å². The highest BCUT2D eigenvalue weighted by molar-refractivity contribution is 5.78. The van der Waals surface area contributed by atoms with Crippen molar-refractivity contribution in [1.29, 1.82) is 0 Å². The molecule has 86 valence electrons. The number of fused-ring (bicyclic) bond motifs is 3. The van der Waals surface area contributed by atoms with Gasteiger partial charge in [-0.2, -0.15) is 0 Å². The Morgan fingerprint density at radius 1 is 1.44 bits per heavy atom. The highest BCUT2D eigenvalue weighted by Gasteiger charge is 2.38. The van der Waals surface area contributed by atoms with Crippen molar-refractivity contribution >= 4 is 5.91 Å². The van der Waals surface area contributed by atoms with Gasteiger partial charge in [-0.05, 0) is 18.9 Å². The maximum atomic E-state index is 11.8. The molecule has 0 bridgehead atoms. The van der Waals surface area contributed by atoms with Crippen LogP contribution in [0.25, 0.3) is 0 Å². The van der Waals surface area contributed by atoms with Crippen LogP contribution in [0.3, 0.4) is 0 Å². The Morgan fingerprint density at radius 3 is 3.19 bits per heavy atom. The van der Waals surface area contributed by atoms with E-state index >= 15 is 0 Å². The number of aryl methyl sites for hydroxylation is 1. The Bertz CT molecular complexity index is 412. The number of aliphatic hydroxyl groups is 1. The molecule has 0 aliphatic carbocycles. The van der Waals surface area contributed by atoms with Crippen LogP contribution in [0.5, 0.6) is 0 Å². The minimum atomic E-state index is -0.452. The summed E-state index contributed by atoms with van der Waals surface area (Å²) in [6.45, 7) is 0.727. The largest absolute Gasteiger partial charge is 0.469 e. The molecule has 1 amide bonds. The first-order valence-corrected chi connectivity index (χ1v) is 5.81. The number of furan rings is 1. The lowest BCUT2D eigenvalue weighted by molar-refractivity contribution is -0.142. The summed E-state index contributed by atoms with van der Waals surface area (Å²) in [6.07, 6.45) is 3.99. The number of nitrogens with zero attached hydrogens (tertiary/aromatic N) is 1. The molecule has 0 unspecified atom stereocenters. The van der Waals surface area contributed by atoms with E-state index < -0.39 is 6.10 Å². The lowest BCUT2D eigenvalue weighted by Gasteiger charge is -2.37. The summed E-state index contributed by atoms with van der Waals surface area (Å²) in [5.41, 5.74) is 0.998. The van der Waals surface area contributed by atoms with Crippen molar-refractivity contribution in [2.75, 3.05) is 6.54 Å². The predicted octanol–water partition coefficient (Wildman–Crippen LogP) is 1.25. The fourth-order valence-corrected chi connectivity index (χ4v) is 2.80. The Morgan fingerprint density at radius 2 is 2.31 bits per heavy atom. The van der Waals surface area contributed by atoms with Crippen LogP contribution in [0.1, 0.15) is 36.6 Å². The van der Waals surface area contributed by atoms with Gasteiger partial charge in [0.05, 0.1) is 18.4 Å². The Labute approximate surface area is 93.8 Å². The van der Waals surface area contributed by atoms with E-state index in [2.05, 4.69) is 0 Å². The number of carbonyl (C=O) groups excluding carboxylic acids is 1. The van der Waals surface area contributed by atoms with Crippen molar-refractivity contribution < 1.29 is 14.3 Å². The second-order valence-electron chi connectivity index (χ2n) is 4.54. The third kappa shape index (κ3) is 1.37. The summed E-state index contributed by atoms with van der Waals surface area (Å²) in [5.74, 6) is 1.09. The van der Waals surface area contributed by atoms with E-state index in [0.717, 1.165) is 30.7 Å². The number of hydrogen-bond donors (Lipinski definition) is 1. The molecular formula is C12H15NO3. The molecule has 4 nitrogen and oxygen atoms in total. The molecule has 0 aromatic carbocycles. The number of rotatable bonds is 0. The Hall–Kier alpha value is -1.29. The van der Waals surface area contributed by atoms with Gasteiger partial charge in [-0.25, -0.2) is 0 Å². The monoisotopic (exact) mass is 221 g/mol. The standard InChI is InChI=1S/C12H15NO3/c14-9-3-4-11(15)13-6-1-2-10-8(12(9)13)5-7-16-10/h5,7,9,12,14H,1-4,6H2/t9-,12-/m1/s1. The van der Waals surface area contributed by atoms with Gasteiger partial charge in [-0.15, -0.1) is 0 Å². The van der Waals surface area contributed by atoms with Crippen LogP contribution in [0, 0.1) is 0 Å². The SMILES string of the molecule is O=C1CC[C@@H](O)[C@H]2c3ccoc3CCCN12. The van der Waals surface area contributed by atoms with Gasteiger partial charge < -0.3 is 14.4 Å². The van der Waals surface area contributed by atoms with Crippen molar-refractivity contribution in [2.24, 2.45) is 0 Å². The molecule has 0 radical (unpaired) electrons. The lowest BCUT2D eigenvalue weighted by atomic mass is 9.93. The van der Waals surface area contributed by atoms with Crippen LogP contribution in [0.15, 0.2) is 16.7 Å². The van der Waals surface area contributed by atoms with E-state index in [1.807, 2.05) is 11.0 Å². The third-order valence-corrected chi connectivity index (χ3v) is 3.58. The highest BCUT2D eigenvalue weighted by atomic mass is 16.3. The molecule has 1 aromatic heterocycles. The Kier molecular flexibility index (Phi) is 2.24. The van der Waals surface area contributed by atoms with Crippen LogP contribution < -0.4 is 0 Å². The Balaban J connectivity index is 2.04. The maximum Gasteiger partial charge on any atom is 0.223 e. The predicted molar refractivity (Wildman–Crippen MR) is 56.7 cm³/mol. The first-order chi connectivity index (χ1) is 7.77. The summed E-state index contributed by atoms with van der Waals surface area (Å²) < 4.78 is 5.42. The molecule has 1 aromatic rings. The molecule has 0 saturated carbocycles. The minimum Gasteiger partial charge on any atom is -0.469 e. The summed E-state index contributed by atoms with van der Waals surface area (Å²) >= 11 is 0. The van der Waals surface area contributed by atoms with Gasteiger partial charge >= 0.3 is 0 Å². The number of aliphatic hydroxyl groups excluding tert-OH is 1. The fourth-order valence-electron chi connectivity index (χ4n) is 2.80. The lowest BCUT2D eigenvalue weighted by Crippen LogP contribution is -2.45. The molecule has 3 heterocycles. The molecule has 0 spiro atoms. The summed E-state index contributed by atoms with van der Waals surface area (Å²) in [7, 11) is 0. The van der Waals surface area contributed by atoms with Crippen molar-refractivity contribution in [1.82, 2.24) is 4.90 Å². The molecule has 2 atom stereocenters. The quantitative estimate of drug-likeness (QED) is 0.717. The molecule has 1 fully saturated rings. The zero-order chi connectivity index (χ0) is 11.1. The van der Waals surface area contributed by atoms with E-state index in [0.29, 0.717) is 12.8 Å². The summed E-state index contributed by atoms with van der Waals surface area (Å²) in [4.78, 5) is 13.7. The van der Waals surface area contributed by atoms with Gasteiger partial charge in [0.25, 0.3) is 0 Å². The molecule has 16 heavy (non-hydrogen) atoms. The van der Waals surface area contributed by atoms with Crippen molar-refractivity contribution in [3.05, 3.63) is 23.7 Å². The van der Waals surface area contributed by atoms with E-state index in [1.54, 1.807) is 6.26 Å². The third-order valence-electron chi connectivity index (χ3n) is 3.58. The average Bonchev–Trinajstić information content (AvgIpc) is 2.64. The van der Waals surface area contributed by atoms with Crippen LogP contribution in [0.2, 0.25) is 0 Å². The molecule has 4 heteroatoms. The van der Waals surface area contributed by atoms with Crippen molar-refractivity contribution in [3.63, 3.8) is 0 Å². The zero-order valence-electron chi connectivity index (χ0n) is 9.06. The molecule has 3 rings (SSSR count). The highest BCUT2D eigenvalue weighted by Crippen LogP contribution is 2.36. The number of amides is 1. The van der Waals surface area contributed by atoms with Crippen LogP contribution >= 0.6 is 0 Å². The number of piperidine rings is 1. The molecule has 1 saturated heterocycles. The van der Waals surface area contributed by atoms with Gasteiger partial charge in [0.15, 0.2) is 0 Å². The topological polar surface area (TPSA) is 53.7 Å². The zero-order valence-corrected chi connectivity index (χ0v) is 9.06. The second-order valence-corrected chi connectivity index (χ2v) is 4.54. The average molecular weight is 221 g/mol. The van der Waals surface area contributed by atoms with Crippen LogP contribution in [0.4, 0.5) is 0 Å². The van der Waals surface area contributed by atoms with Gasteiger partial charge in [0.1, 0.15) is 5.76 Å². The number of hydrogen-bond acceptors (Lipinski definition) is 3. The second kappa shape index (κ2) is 3.63. The summed E-state index contributed by atoms with van der Waals surface area (Å²) in [5, 5.41) is 10.1. The van der Waals surface area contributed by atoms with Gasteiger partial charge in [0, 0.05) is 24.9 Å². The molecular weight excluding hydrogens is 206 g/mol. The van der Waals surface area contributed by atoms with Gasteiger partial charge in [-0.1, -0.05) is 0 Å². The minimum absolute atomic E-state index is 0.157. The van der Waals surface area contributed by atoms with E-state index in [-0.39, 0.29) is 11.9 Å². The van der Waals surface area contributed by atoms with Gasteiger partial charge in [0.2, 0.25) is 5.91 Å². The van der Waals surface area contributed by atoms with Crippen molar-refractivity contribution in [3.8, 4) is 0 Å². The maximum absolute atomic E-state index is 11.8. The first-order valence-electron chi connectivity index (χ1n) is 5.81.